The Labute approximate surface area is 85.4 Å². The number of rotatable bonds is 4. The van der Waals surface area contributed by atoms with Crippen LogP contribution in [-0.2, 0) is 9.59 Å². The summed E-state index contributed by atoms with van der Waals surface area (Å²) in [6, 6.07) is 0. The predicted molar refractivity (Wildman–Crippen MR) is 55.9 cm³/mol. The van der Waals surface area contributed by atoms with Gasteiger partial charge in [-0.2, -0.15) is 0 Å². The number of carbonyl (C=O) groups is 2. The third-order valence-corrected chi connectivity index (χ3v) is 3.57. The van der Waals surface area contributed by atoms with E-state index in [1.54, 1.807) is 0 Å². The molecule has 0 aromatic heterocycles. The largest absolute Gasteiger partial charge is 0.303 e. The minimum absolute atomic E-state index is 0.231. The van der Waals surface area contributed by atoms with Gasteiger partial charge in [-0.05, 0) is 24.7 Å². The first-order valence-electron chi connectivity index (χ1n) is 5.21. The molecule has 0 radical (unpaired) electrons. The van der Waals surface area contributed by atoms with E-state index in [0.29, 0.717) is 12.3 Å². The summed E-state index contributed by atoms with van der Waals surface area (Å²) < 4.78 is 0. The fraction of sp³-hybridized carbons (Fsp3) is 0.667. The molecule has 0 fully saturated rings. The topological polar surface area (TPSA) is 34.1 Å². The van der Waals surface area contributed by atoms with E-state index in [1.807, 2.05) is 6.92 Å². The third-order valence-electron chi connectivity index (χ3n) is 3.57. The van der Waals surface area contributed by atoms with Gasteiger partial charge in [0.1, 0.15) is 12.6 Å². The van der Waals surface area contributed by atoms with Crippen LogP contribution in [0.25, 0.3) is 0 Å². The van der Waals surface area contributed by atoms with E-state index < -0.39 is 0 Å². The van der Waals surface area contributed by atoms with Crippen LogP contribution < -0.4 is 0 Å². The molecule has 0 heterocycles. The van der Waals surface area contributed by atoms with Gasteiger partial charge in [0.15, 0.2) is 0 Å². The van der Waals surface area contributed by atoms with Crippen molar-refractivity contribution in [2.45, 2.75) is 33.1 Å². The van der Waals surface area contributed by atoms with E-state index in [4.69, 9.17) is 0 Å². The maximum Gasteiger partial charge on any atom is 0.126 e. The minimum Gasteiger partial charge on any atom is -0.303 e. The highest BCUT2D eigenvalue weighted by molar-refractivity contribution is 5.61. The first-order valence-corrected chi connectivity index (χ1v) is 5.21. The molecular formula is C12H18O2. The highest BCUT2D eigenvalue weighted by Gasteiger charge is 2.38. The Morgan fingerprint density at radius 2 is 2.21 bits per heavy atom. The molecule has 0 amide bonds. The van der Waals surface area contributed by atoms with E-state index in [9.17, 15) is 9.59 Å². The summed E-state index contributed by atoms with van der Waals surface area (Å²) in [6.45, 7) is 4.11. The molecule has 2 nitrogen and oxygen atoms in total. The first kappa shape index (κ1) is 11.2. The van der Waals surface area contributed by atoms with Crippen molar-refractivity contribution in [1.82, 2.24) is 0 Å². The smallest absolute Gasteiger partial charge is 0.126 e. The van der Waals surface area contributed by atoms with E-state index >= 15 is 0 Å². The Morgan fingerprint density at radius 3 is 2.79 bits per heavy atom. The minimum atomic E-state index is -0.280. The monoisotopic (exact) mass is 194 g/mol. The van der Waals surface area contributed by atoms with Gasteiger partial charge in [-0.15, -0.1) is 0 Å². The molecule has 0 N–H and O–H groups in total. The first-order chi connectivity index (χ1) is 6.65. The molecule has 0 bridgehead atoms. The maximum atomic E-state index is 11.1. The van der Waals surface area contributed by atoms with Gasteiger partial charge in [0.2, 0.25) is 0 Å². The summed E-state index contributed by atoms with van der Waals surface area (Å²) >= 11 is 0. The van der Waals surface area contributed by atoms with Gasteiger partial charge in [-0.25, -0.2) is 0 Å². The molecule has 0 aromatic carbocycles. The highest BCUT2D eigenvalue weighted by atomic mass is 16.1. The number of carbonyl (C=O) groups excluding carboxylic acids is 2. The van der Waals surface area contributed by atoms with Crippen LogP contribution in [-0.4, -0.2) is 12.6 Å². The quantitative estimate of drug-likeness (QED) is 0.508. The van der Waals surface area contributed by atoms with Gasteiger partial charge in [0.05, 0.1) is 0 Å². The summed E-state index contributed by atoms with van der Waals surface area (Å²) in [5, 5.41) is 0. The number of allylic oxidation sites excluding steroid dienone is 2. The van der Waals surface area contributed by atoms with Crippen LogP contribution in [0.4, 0.5) is 0 Å². The van der Waals surface area contributed by atoms with Crippen molar-refractivity contribution in [2.75, 3.05) is 0 Å². The Balaban J connectivity index is 2.78. The average molecular weight is 194 g/mol. The van der Waals surface area contributed by atoms with Gasteiger partial charge >= 0.3 is 0 Å². The SMILES string of the molecule is CC1CC=CC(CCC=O)C1(C)C=O. The van der Waals surface area contributed by atoms with Crippen molar-refractivity contribution in [2.24, 2.45) is 17.3 Å². The molecule has 1 aliphatic carbocycles. The van der Waals surface area contributed by atoms with Gasteiger partial charge in [0, 0.05) is 11.8 Å². The maximum absolute atomic E-state index is 11.1. The van der Waals surface area contributed by atoms with Gasteiger partial charge < -0.3 is 9.59 Å². The lowest BCUT2D eigenvalue weighted by atomic mass is 9.64. The molecule has 0 saturated carbocycles. The lowest BCUT2D eigenvalue weighted by Crippen LogP contribution is -2.36. The molecule has 1 rings (SSSR count). The highest BCUT2D eigenvalue weighted by Crippen LogP contribution is 2.42. The molecule has 1 aliphatic rings. The summed E-state index contributed by atoms with van der Waals surface area (Å²) in [5.41, 5.74) is -0.280. The second-order valence-electron chi connectivity index (χ2n) is 4.40. The second kappa shape index (κ2) is 4.54. The summed E-state index contributed by atoms with van der Waals surface area (Å²) in [5.74, 6) is 0.607. The molecule has 3 unspecified atom stereocenters. The normalized spacial score (nSPS) is 36.7. The number of hydrogen-bond acceptors (Lipinski definition) is 2. The van der Waals surface area contributed by atoms with Crippen molar-refractivity contribution < 1.29 is 9.59 Å². The van der Waals surface area contributed by atoms with Gasteiger partial charge in [0.25, 0.3) is 0 Å². The van der Waals surface area contributed by atoms with Crippen molar-refractivity contribution in [3.8, 4) is 0 Å². The van der Waals surface area contributed by atoms with Crippen LogP contribution in [0.15, 0.2) is 12.2 Å². The van der Waals surface area contributed by atoms with E-state index in [1.165, 1.54) is 0 Å². The Hall–Kier alpha value is -0.920. The predicted octanol–water partition coefficient (Wildman–Crippen LogP) is 2.38. The molecule has 0 spiro atoms. The zero-order chi connectivity index (χ0) is 10.6. The van der Waals surface area contributed by atoms with E-state index in [0.717, 1.165) is 25.4 Å². The summed E-state index contributed by atoms with van der Waals surface area (Å²) in [4.78, 5) is 21.5. The zero-order valence-corrected chi connectivity index (χ0v) is 8.90. The van der Waals surface area contributed by atoms with E-state index in [-0.39, 0.29) is 11.3 Å². The molecule has 2 heteroatoms. The van der Waals surface area contributed by atoms with E-state index in [2.05, 4.69) is 19.1 Å². The molecule has 0 aromatic rings. The van der Waals surface area contributed by atoms with Crippen molar-refractivity contribution in [3.05, 3.63) is 12.2 Å². The molecule has 14 heavy (non-hydrogen) atoms. The number of hydrogen-bond donors (Lipinski definition) is 0. The fourth-order valence-corrected chi connectivity index (χ4v) is 2.13. The van der Waals surface area contributed by atoms with Gasteiger partial charge in [-0.3, -0.25) is 0 Å². The van der Waals surface area contributed by atoms with Crippen LogP contribution in [0.3, 0.4) is 0 Å². The summed E-state index contributed by atoms with van der Waals surface area (Å²) in [6.07, 6.45) is 8.52. The second-order valence-corrected chi connectivity index (χ2v) is 4.40. The lowest BCUT2D eigenvalue weighted by molar-refractivity contribution is -0.121. The summed E-state index contributed by atoms with van der Waals surface area (Å²) in [7, 11) is 0. The van der Waals surface area contributed by atoms with Crippen LogP contribution in [0, 0.1) is 17.3 Å². The molecule has 3 atom stereocenters. The van der Waals surface area contributed by atoms with Crippen LogP contribution >= 0.6 is 0 Å². The van der Waals surface area contributed by atoms with Crippen LogP contribution in [0.1, 0.15) is 33.1 Å². The molecule has 78 valence electrons. The molecule has 0 saturated heterocycles. The lowest BCUT2D eigenvalue weighted by Gasteiger charge is -2.39. The third kappa shape index (κ3) is 1.94. The molecule has 0 aliphatic heterocycles. The average Bonchev–Trinajstić information content (AvgIpc) is 2.20. The zero-order valence-electron chi connectivity index (χ0n) is 8.90. The van der Waals surface area contributed by atoms with Crippen molar-refractivity contribution >= 4 is 12.6 Å². The Morgan fingerprint density at radius 1 is 1.50 bits per heavy atom. The Bertz CT molecular complexity index is 245. The molecular weight excluding hydrogens is 176 g/mol. The van der Waals surface area contributed by atoms with Gasteiger partial charge in [-0.1, -0.05) is 26.0 Å². The Kier molecular flexibility index (Phi) is 3.62. The van der Waals surface area contributed by atoms with Crippen LogP contribution in [0.2, 0.25) is 0 Å². The van der Waals surface area contributed by atoms with Crippen LogP contribution in [0.5, 0.6) is 0 Å². The number of aldehydes is 2. The fourth-order valence-electron chi connectivity index (χ4n) is 2.13. The standard InChI is InChI=1S/C12H18O2/c1-10-5-3-6-11(7-4-8-13)12(10,2)9-14/h3,6,8-11H,4-5,7H2,1-2H3. The van der Waals surface area contributed by atoms with Crippen molar-refractivity contribution in [1.29, 1.82) is 0 Å². The van der Waals surface area contributed by atoms with Crippen molar-refractivity contribution in [3.63, 3.8) is 0 Å².